The van der Waals surface area contributed by atoms with E-state index in [2.05, 4.69) is 27.9 Å². The van der Waals surface area contributed by atoms with E-state index in [0.717, 1.165) is 19.6 Å². The Morgan fingerprint density at radius 3 is 2.38 bits per heavy atom. The number of nitrogens with one attached hydrogen (secondary N) is 1. The molecule has 0 radical (unpaired) electrons. The van der Waals surface area contributed by atoms with Crippen molar-refractivity contribution in [3.8, 4) is 5.75 Å². The molecule has 4 rings (SSSR count). The van der Waals surface area contributed by atoms with Gasteiger partial charge in [0.05, 0.1) is 19.3 Å². The second kappa shape index (κ2) is 9.70. The maximum Gasteiger partial charge on any atom is 0.333 e. The van der Waals surface area contributed by atoms with Gasteiger partial charge in [-0.15, -0.1) is 0 Å². The number of urea groups is 1. The molecule has 0 bridgehead atoms. The lowest BCUT2D eigenvalue weighted by Crippen LogP contribution is -2.30. The largest absolute Gasteiger partial charge is 0.488 e. The third-order valence-corrected chi connectivity index (χ3v) is 6.44. The number of nitrogens with zero attached hydrogens (tertiary/aromatic N) is 1. The standard InChI is InChI=1S/C23H14Cl3IN2O3/c24-15-3-5-16(6-4-15)29-22(30)20(28-23(29)31)11-13-2-8-21(19(27)10-13)32-12-14-1-7-17(25)18(26)9-14/h1-11H,12H2,(H,28,31)/b20-11+. The van der Waals surface area contributed by atoms with Crippen molar-refractivity contribution in [3.05, 3.63) is 96.1 Å². The number of rotatable bonds is 5. The van der Waals surface area contributed by atoms with Gasteiger partial charge in [-0.3, -0.25) is 4.79 Å². The number of halogens is 4. The van der Waals surface area contributed by atoms with Gasteiger partial charge in [-0.2, -0.15) is 0 Å². The molecule has 1 fully saturated rings. The minimum atomic E-state index is -0.514. The van der Waals surface area contributed by atoms with E-state index in [1.807, 2.05) is 24.3 Å². The summed E-state index contributed by atoms with van der Waals surface area (Å²) in [5.41, 5.74) is 2.27. The molecule has 0 aromatic heterocycles. The molecule has 32 heavy (non-hydrogen) atoms. The zero-order chi connectivity index (χ0) is 22.8. The molecule has 0 unspecified atom stereocenters. The first kappa shape index (κ1) is 22.9. The fraction of sp³-hybridized carbons (Fsp3) is 0.0435. The maximum absolute atomic E-state index is 12.8. The Kier molecular flexibility index (Phi) is 6.95. The smallest absolute Gasteiger partial charge is 0.333 e. The molecule has 0 aliphatic carbocycles. The van der Waals surface area contributed by atoms with Gasteiger partial charge in [0.1, 0.15) is 18.1 Å². The summed E-state index contributed by atoms with van der Waals surface area (Å²) in [4.78, 5) is 26.2. The third kappa shape index (κ3) is 5.04. The molecule has 9 heteroatoms. The van der Waals surface area contributed by atoms with E-state index in [0.29, 0.717) is 33.1 Å². The number of benzene rings is 3. The van der Waals surface area contributed by atoms with Crippen molar-refractivity contribution in [2.24, 2.45) is 0 Å². The van der Waals surface area contributed by atoms with Crippen LogP contribution < -0.4 is 15.0 Å². The summed E-state index contributed by atoms with van der Waals surface area (Å²) in [5, 5.41) is 4.10. The van der Waals surface area contributed by atoms with E-state index in [1.165, 1.54) is 0 Å². The van der Waals surface area contributed by atoms with E-state index in [4.69, 9.17) is 39.5 Å². The molecule has 0 saturated carbocycles. The van der Waals surface area contributed by atoms with Crippen LogP contribution >= 0.6 is 57.4 Å². The lowest BCUT2D eigenvalue weighted by molar-refractivity contribution is -0.113. The van der Waals surface area contributed by atoms with E-state index in [9.17, 15) is 9.59 Å². The van der Waals surface area contributed by atoms with E-state index in [1.54, 1.807) is 42.5 Å². The van der Waals surface area contributed by atoms with Crippen LogP contribution in [0.5, 0.6) is 5.75 Å². The Bertz CT molecular complexity index is 1250. The van der Waals surface area contributed by atoms with Gasteiger partial charge in [-0.25, -0.2) is 9.69 Å². The van der Waals surface area contributed by atoms with Crippen LogP contribution in [0, 0.1) is 3.57 Å². The molecule has 0 atom stereocenters. The fourth-order valence-corrected chi connectivity index (χ4v) is 4.18. The lowest BCUT2D eigenvalue weighted by Gasteiger charge is -2.11. The van der Waals surface area contributed by atoms with Gasteiger partial charge in [0.2, 0.25) is 0 Å². The Labute approximate surface area is 213 Å². The van der Waals surface area contributed by atoms with Crippen molar-refractivity contribution in [1.29, 1.82) is 0 Å². The molecule has 1 aliphatic rings. The van der Waals surface area contributed by atoms with Gasteiger partial charge in [-0.1, -0.05) is 46.9 Å². The highest BCUT2D eigenvalue weighted by molar-refractivity contribution is 14.1. The summed E-state index contributed by atoms with van der Waals surface area (Å²) in [6.07, 6.45) is 1.63. The maximum atomic E-state index is 12.8. The van der Waals surface area contributed by atoms with E-state index >= 15 is 0 Å². The Hall–Kier alpha value is -2.26. The molecule has 162 valence electrons. The van der Waals surface area contributed by atoms with Crippen LogP contribution in [-0.4, -0.2) is 11.9 Å². The van der Waals surface area contributed by atoms with Gasteiger partial charge in [0.15, 0.2) is 0 Å². The number of imide groups is 1. The van der Waals surface area contributed by atoms with Gasteiger partial charge < -0.3 is 10.1 Å². The van der Waals surface area contributed by atoms with Gasteiger partial charge in [0, 0.05) is 5.02 Å². The van der Waals surface area contributed by atoms with E-state index < -0.39 is 11.9 Å². The summed E-state index contributed by atoms with van der Waals surface area (Å²) >= 11 is 20.0. The van der Waals surface area contributed by atoms with Crippen molar-refractivity contribution in [3.63, 3.8) is 0 Å². The number of anilines is 1. The SMILES string of the molecule is O=C1N/C(=C/c2ccc(OCc3ccc(Cl)c(Cl)c3)c(I)c2)C(=O)N1c1ccc(Cl)cc1. The topological polar surface area (TPSA) is 58.6 Å². The molecule has 1 N–H and O–H groups in total. The normalized spacial score (nSPS) is 14.8. The Morgan fingerprint density at radius 2 is 1.69 bits per heavy atom. The zero-order valence-electron chi connectivity index (χ0n) is 16.2. The molecule has 3 aromatic carbocycles. The molecule has 1 heterocycles. The number of ether oxygens (including phenoxy) is 1. The minimum absolute atomic E-state index is 0.185. The first-order valence-corrected chi connectivity index (χ1v) is 11.5. The molecule has 1 aliphatic heterocycles. The minimum Gasteiger partial charge on any atom is -0.488 e. The van der Waals surface area contributed by atoms with Crippen molar-refractivity contribution in [1.82, 2.24) is 5.32 Å². The van der Waals surface area contributed by atoms with Crippen molar-refractivity contribution < 1.29 is 14.3 Å². The van der Waals surface area contributed by atoms with Crippen LogP contribution in [0.25, 0.3) is 6.08 Å². The van der Waals surface area contributed by atoms with Crippen molar-refractivity contribution in [2.75, 3.05) is 4.90 Å². The highest BCUT2D eigenvalue weighted by atomic mass is 127. The fourth-order valence-electron chi connectivity index (χ4n) is 3.04. The van der Waals surface area contributed by atoms with Crippen LogP contribution in [0.4, 0.5) is 10.5 Å². The zero-order valence-corrected chi connectivity index (χ0v) is 20.7. The highest BCUT2D eigenvalue weighted by Crippen LogP contribution is 2.28. The molecular formula is C23H14Cl3IN2O3. The molecule has 0 spiro atoms. The number of hydrogen-bond donors (Lipinski definition) is 1. The lowest BCUT2D eigenvalue weighted by atomic mass is 10.1. The average Bonchev–Trinajstić information content (AvgIpc) is 3.03. The Balaban J connectivity index is 1.49. The molecule has 3 aromatic rings. The van der Waals surface area contributed by atoms with Crippen LogP contribution in [0.3, 0.4) is 0 Å². The number of carbonyl (C=O) groups excluding carboxylic acids is 2. The van der Waals surface area contributed by atoms with Crippen LogP contribution in [0.1, 0.15) is 11.1 Å². The first-order chi connectivity index (χ1) is 15.3. The van der Waals surface area contributed by atoms with Crippen LogP contribution in [-0.2, 0) is 11.4 Å². The summed E-state index contributed by atoms with van der Waals surface area (Å²) < 4.78 is 6.73. The second-order valence-corrected chi connectivity index (χ2v) is 9.25. The van der Waals surface area contributed by atoms with E-state index in [-0.39, 0.29) is 5.70 Å². The second-order valence-electron chi connectivity index (χ2n) is 6.83. The Morgan fingerprint density at radius 1 is 0.938 bits per heavy atom. The summed E-state index contributed by atoms with van der Waals surface area (Å²) in [6.45, 7) is 0.331. The van der Waals surface area contributed by atoms with Gasteiger partial charge in [-0.05, 0) is 88.3 Å². The van der Waals surface area contributed by atoms with Crippen molar-refractivity contribution in [2.45, 2.75) is 6.61 Å². The predicted molar refractivity (Wildman–Crippen MR) is 135 cm³/mol. The molecule has 5 nitrogen and oxygen atoms in total. The number of amides is 3. The average molecular weight is 600 g/mol. The van der Waals surface area contributed by atoms with Crippen molar-refractivity contribution >= 4 is 81.1 Å². The quantitative estimate of drug-likeness (QED) is 0.197. The van der Waals surface area contributed by atoms with Gasteiger partial charge >= 0.3 is 6.03 Å². The summed E-state index contributed by atoms with van der Waals surface area (Å²) in [6, 6.07) is 16.8. The molecule has 1 saturated heterocycles. The number of carbonyl (C=O) groups is 2. The summed E-state index contributed by atoms with van der Waals surface area (Å²) in [7, 11) is 0. The highest BCUT2D eigenvalue weighted by Gasteiger charge is 2.34. The molecular weight excluding hydrogens is 586 g/mol. The predicted octanol–water partition coefficient (Wildman–Crippen LogP) is 6.93. The van der Waals surface area contributed by atoms with Crippen LogP contribution in [0.2, 0.25) is 15.1 Å². The monoisotopic (exact) mass is 598 g/mol. The molecule has 3 amide bonds. The number of hydrogen-bond acceptors (Lipinski definition) is 3. The van der Waals surface area contributed by atoms with Gasteiger partial charge in [0.25, 0.3) is 5.91 Å². The summed E-state index contributed by atoms with van der Waals surface area (Å²) in [5.74, 6) is 0.246. The van der Waals surface area contributed by atoms with Crippen LogP contribution in [0.15, 0.2) is 66.4 Å². The third-order valence-electron chi connectivity index (χ3n) is 4.61. The first-order valence-electron chi connectivity index (χ1n) is 9.31.